The van der Waals surface area contributed by atoms with Crippen molar-refractivity contribution in [2.75, 3.05) is 10.6 Å². The van der Waals surface area contributed by atoms with Crippen LogP contribution in [0.15, 0.2) is 90.5 Å². The van der Waals surface area contributed by atoms with Crippen LogP contribution in [0.2, 0.25) is 0 Å². The van der Waals surface area contributed by atoms with E-state index in [9.17, 15) is 34.7 Å². The Bertz CT molecular complexity index is 1470. The van der Waals surface area contributed by atoms with Crippen molar-refractivity contribution in [3.8, 4) is 0 Å². The van der Waals surface area contributed by atoms with Gasteiger partial charge < -0.3 is 20.8 Å². The average Bonchev–Trinajstić information content (AvgIpc) is 2.87. The van der Waals surface area contributed by atoms with E-state index in [2.05, 4.69) is 10.6 Å². The second kappa shape index (κ2) is 9.94. The number of benzene rings is 3. The number of nitro benzene ring substituents is 1. The van der Waals surface area contributed by atoms with Gasteiger partial charge in [-0.05, 0) is 18.2 Å². The van der Waals surface area contributed by atoms with Gasteiger partial charge >= 0.3 is 0 Å². The van der Waals surface area contributed by atoms with Crippen molar-refractivity contribution in [1.29, 1.82) is 0 Å². The van der Waals surface area contributed by atoms with Gasteiger partial charge in [-0.15, -0.1) is 0 Å². The fraction of sp³-hybridized carbons (Fsp3) is 0.0385. The molecule has 0 fully saturated rings. The number of aliphatic hydroxyl groups excluding tert-OH is 2. The van der Waals surface area contributed by atoms with Crippen molar-refractivity contribution >= 4 is 40.1 Å². The molecule has 4 rings (SSSR count). The Hall–Kier alpha value is -5.25. The minimum atomic E-state index is -0.734. The molecule has 180 valence electrons. The standard InChI is InChI=1S/C26H19N3O7/c30-22(14-24(32)26(34)27-15-6-5-7-16(12-15)29(35)36)19-10-3-4-11-20(19)28-21-13-23(31)25(33)18-9-2-1-8-17(18)21/h1-13,27-28,32,34H,14H2. The summed E-state index contributed by atoms with van der Waals surface area (Å²) in [7, 11) is 0. The lowest BCUT2D eigenvalue weighted by molar-refractivity contribution is -0.384. The molecule has 4 N–H and O–H groups in total. The molecule has 0 heterocycles. The number of allylic oxidation sites excluding steroid dienone is 2. The molecule has 0 aromatic heterocycles. The summed E-state index contributed by atoms with van der Waals surface area (Å²) in [4.78, 5) is 47.6. The van der Waals surface area contributed by atoms with E-state index in [1.54, 1.807) is 42.5 Å². The minimum Gasteiger partial charge on any atom is -0.506 e. The molecule has 1 aliphatic carbocycles. The van der Waals surface area contributed by atoms with Gasteiger partial charge in [0.15, 0.2) is 11.5 Å². The van der Waals surface area contributed by atoms with Gasteiger partial charge in [0.1, 0.15) is 0 Å². The summed E-state index contributed by atoms with van der Waals surface area (Å²) in [6, 6.07) is 18.2. The number of anilines is 2. The summed E-state index contributed by atoms with van der Waals surface area (Å²) in [6.07, 6.45) is 0.581. The largest absolute Gasteiger partial charge is 0.506 e. The molecule has 36 heavy (non-hydrogen) atoms. The monoisotopic (exact) mass is 485 g/mol. The van der Waals surface area contributed by atoms with E-state index in [0.717, 1.165) is 12.1 Å². The number of ketones is 3. The van der Waals surface area contributed by atoms with Gasteiger partial charge in [0, 0.05) is 46.3 Å². The first-order valence-corrected chi connectivity index (χ1v) is 10.7. The predicted molar refractivity (Wildman–Crippen MR) is 132 cm³/mol. The van der Waals surface area contributed by atoms with E-state index >= 15 is 0 Å². The highest BCUT2D eigenvalue weighted by Crippen LogP contribution is 2.29. The Morgan fingerprint density at radius 2 is 1.61 bits per heavy atom. The van der Waals surface area contributed by atoms with Crippen LogP contribution < -0.4 is 10.6 Å². The second-order valence-corrected chi connectivity index (χ2v) is 7.80. The van der Waals surface area contributed by atoms with E-state index in [-0.39, 0.29) is 22.5 Å². The zero-order valence-corrected chi connectivity index (χ0v) is 18.6. The van der Waals surface area contributed by atoms with E-state index in [1.165, 1.54) is 24.3 Å². The minimum absolute atomic E-state index is 0.143. The van der Waals surface area contributed by atoms with Crippen LogP contribution in [0, 0.1) is 10.1 Å². The van der Waals surface area contributed by atoms with Crippen molar-refractivity contribution in [3.63, 3.8) is 0 Å². The van der Waals surface area contributed by atoms with Crippen molar-refractivity contribution in [1.82, 2.24) is 0 Å². The van der Waals surface area contributed by atoms with Crippen molar-refractivity contribution in [2.45, 2.75) is 6.42 Å². The van der Waals surface area contributed by atoms with Crippen LogP contribution in [0.1, 0.15) is 32.7 Å². The number of fused-ring (bicyclic) bond motifs is 1. The number of nitro groups is 1. The first kappa shape index (κ1) is 23.9. The lowest BCUT2D eigenvalue weighted by Gasteiger charge is -2.19. The number of Topliss-reactive ketones (excluding diaryl/α,β-unsaturated/α-hetero) is 2. The van der Waals surface area contributed by atoms with Crippen LogP contribution in [0.25, 0.3) is 5.70 Å². The summed E-state index contributed by atoms with van der Waals surface area (Å²) in [5.41, 5.74) is 1.50. The molecule has 1 aliphatic rings. The molecule has 0 amide bonds. The van der Waals surface area contributed by atoms with Crippen LogP contribution in [0.3, 0.4) is 0 Å². The van der Waals surface area contributed by atoms with E-state index < -0.39 is 40.3 Å². The lowest BCUT2D eigenvalue weighted by Crippen LogP contribution is -2.21. The quantitative estimate of drug-likeness (QED) is 0.116. The first-order valence-electron chi connectivity index (χ1n) is 10.7. The number of para-hydroxylation sites is 1. The molecule has 0 bridgehead atoms. The lowest BCUT2D eigenvalue weighted by atomic mass is 9.92. The maximum atomic E-state index is 13.0. The summed E-state index contributed by atoms with van der Waals surface area (Å²) in [6.45, 7) is 0. The third kappa shape index (κ3) is 4.97. The highest BCUT2D eigenvalue weighted by atomic mass is 16.6. The Balaban J connectivity index is 1.55. The van der Waals surface area contributed by atoms with Gasteiger partial charge in [-0.1, -0.05) is 42.5 Å². The van der Waals surface area contributed by atoms with Crippen molar-refractivity contribution in [2.24, 2.45) is 0 Å². The molecular weight excluding hydrogens is 466 g/mol. The predicted octanol–water partition coefficient (Wildman–Crippen LogP) is 4.78. The fourth-order valence-electron chi connectivity index (χ4n) is 3.64. The molecule has 3 aromatic carbocycles. The zero-order valence-electron chi connectivity index (χ0n) is 18.6. The van der Waals surface area contributed by atoms with Crippen LogP contribution in [0.5, 0.6) is 0 Å². The summed E-state index contributed by atoms with van der Waals surface area (Å²) in [5, 5.41) is 36.9. The summed E-state index contributed by atoms with van der Waals surface area (Å²) >= 11 is 0. The highest BCUT2D eigenvalue weighted by Gasteiger charge is 2.26. The molecule has 0 saturated heterocycles. The zero-order chi connectivity index (χ0) is 25.8. The molecule has 10 nitrogen and oxygen atoms in total. The molecule has 0 atom stereocenters. The van der Waals surface area contributed by atoms with E-state index in [0.29, 0.717) is 16.9 Å². The van der Waals surface area contributed by atoms with Crippen molar-refractivity contribution in [3.05, 3.63) is 117 Å². The maximum Gasteiger partial charge on any atom is 0.271 e. The Morgan fingerprint density at radius 3 is 2.36 bits per heavy atom. The van der Waals surface area contributed by atoms with E-state index in [1.807, 2.05) is 0 Å². The average molecular weight is 485 g/mol. The van der Waals surface area contributed by atoms with Crippen LogP contribution in [-0.4, -0.2) is 32.5 Å². The molecule has 0 aliphatic heterocycles. The number of aliphatic hydroxyl groups is 2. The SMILES string of the molecule is O=C1C=C(Nc2ccccc2C(=O)CC(O)=C(O)Nc2cccc([N+](=O)[O-])c2)c2ccccc2C1=O. The number of nitrogens with one attached hydrogen (secondary N) is 2. The highest BCUT2D eigenvalue weighted by molar-refractivity contribution is 6.50. The summed E-state index contributed by atoms with van der Waals surface area (Å²) < 4.78 is 0. The van der Waals surface area contributed by atoms with Crippen molar-refractivity contribution < 1.29 is 29.5 Å². The van der Waals surface area contributed by atoms with Gasteiger partial charge in [0.2, 0.25) is 17.4 Å². The molecule has 0 radical (unpaired) electrons. The topological polar surface area (TPSA) is 159 Å². The van der Waals surface area contributed by atoms with E-state index in [4.69, 9.17) is 0 Å². The van der Waals surface area contributed by atoms with Crippen LogP contribution >= 0.6 is 0 Å². The fourth-order valence-corrected chi connectivity index (χ4v) is 3.64. The maximum absolute atomic E-state index is 13.0. The number of nitrogens with zero attached hydrogens (tertiary/aromatic N) is 1. The van der Waals surface area contributed by atoms with Gasteiger partial charge in [-0.2, -0.15) is 0 Å². The van der Waals surface area contributed by atoms with Gasteiger partial charge in [-0.25, -0.2) is 0 Å². The normalized spacial score (nSPS) is 13.3. The molecule has 0 spiro atoms. The third-order valence-corrected chi connectivity index (χ3v) is 5.38. The number of non-ortho nitro benzene ring substituents is 1. The molecule has 0 unspecified atom stereocenters. The Morgan fingerprint density at radius 1 is 0.917 bits per heavy atom. The molecule has 3 aromatic rings. The van der Waals surface area contributed by atoms with Crippen LogP contribution in [0.4, 0.5) is 17.1 Å². The van der Waals surface area contributed by atoms with Crippen LogP contribution in [-0.2, 0) is 4.79 Å². The van der Waals surface area contributed by atoms with Gasteiger partial charge in [-0.3, -0.25) is 24.5 Å². The number of hydrogen-bond acceptors (Lipinski definition) is 9. The summed E-state index contributed by atoms with van der Waals surface area (Å²) in [5.74, 6) is -3.29. The molecular formula is C26H19N3O7. The molecule has 0 saturated carbocycles. The molecule has 10 heteroatoms. The van der Waals surface area contributed by atoms with Gasteiger partial charge in [0.05, 0.1) is 17.0 Å². The number of hydrogen-bond donors (Lipinski definition) is 4. The third-order valence-electron chi connectivity index (χ3n) is 5.38. The number of rotatable bonds is 8. The Labute approximate surface area is 204 Å². The second-order valence-electron chi connectivity index (χ2n) is 7.80. The first-order chi connectivity index (χ1) is 17.2. The van der Waals surface area contributed by atoms with Gasteiger partial charge in [0.25, 0.3) is 5.69 Å². The Kier molecular flexibility index (Phi) is 6.59. The number of carbonyl (C=O) groups excluding carboxylic acids is 3. The smallest absolute Gasteiger partial charge is 0.271 e. The number of carbonyl (C=O) groups is 3.